The van der Waals surface area contributed by atoms with E-state index in [0.29, 0.717) is 0 Å². The van der Waals surface area contributed by atoms with Gasteiger partial charge in [0.2, 0.25) is 0 Å². The quantitative estimate of drug-likeness (QED) is 0.526. The van der Waals surface area contributed by atoms with Gasteiger partial charge in [0.15, 0.2) is 0 Å². The molecule has 0 saturated heterocycles. The molecule has 31 heavy (non-hydrogen) atoms. The third-order valence-electron chi connectivity index (χ3n) is 6.09. The second-order valence-corrected chi connectivity index (χ2v) is 7.61. The van der Waals surface area contributed by atoms with Crippen molar-refractivity contribution in [3.8, 4) is 28.7 Å². The van der Waals surface area contributed by atoms with E-state index < -0.39 is 0 Å². The summed E-state index contributed by atoms with van der Waals surface area (Å²) in [7, 11) is 8.43. The Morgan fingerprint density at radius 1 is 0.581 bits per heavy atom. The van der Waals surface area contributed by atoms with Crippen LogP contribution in [0.2, 0.25) is 0 Å². The molecule has 0 fully saturated rings. The van der Waals surface area contributed by atoms with Crippen molar-refractivity contribution in [1.29, 1.82) is 0 Å². The first-order valence-electron chi connectivity index (χ1n) is 10.2. The van der Waals surface area contributed by atoms with Crippen molar-refractivity contribution >= 4 is 0 Å². The SMILES string of the molecule is COc1ccc([C@H]2c3c(cc(OC)cc3OC)C[C@@H]2c2cc(OC)cc(OC)c2)cc1. The summed E-state index contributed by atoms with van der Waals surface area (Å²) >= 11 is 0. The third-order valence-corrected chi connectivity index (χ3v) is 6.09. The maximum absolute atomic E-state index is 5.82. The number of hydrogen-bond acceptors (Lipinski definition) is 5. The standard InChI is InChI=1S/C26H28O5/c1-27-19-8-6-16(7-9-19)25-23(17-10-20(28-2)14-21(11-17)29-3)13-18-12-22(30-4)15-24(31-5)26(18)25/h6-12,14-15,23,25H,13H2,1-5H3/t23-,25-/m1/s1. The molecule has 162 valence electrons. The number of ether oxygens (including phenoxy) is 5. The van der Waals surface area contributed by atoms with Gasteiger partial charge in [0, 0.05) is 23.6 Å². The second-order valence-electron chi connectivity index (χ2n) is 7.61. The van der Waals surface area contributed by atoms with E-state index in [4.69, 9.17) is 23.7 Å². The number of fused-ring (bicyclic) bond motifs is 1. The van der Waals surface area contributed by atoms with Crippen LogP contribution in [0.1, 0.15) is 34.1 Å². The Morgan fingerprint density at radius 3 is 1.71 bits per heavy atom. The Bertz CT molecular complexity index is 1040. The monoisotopic (exact) mass is 420 g/mol. The van der Waals surface area contributed by atoms with Crippen LogP contribution in [0.5, 0.6) is 28.7 Å². The molecule has 1 aliphatic carbocycles. The molecule has 3 aromatic rings. The highest BCUT2D eigenvalue weighted by Crippen LogP contribution is 2.53. The van der Waals surface area contributed by atoms with Crippen LogP contribution in [0.15, 0.2) is 54.6 Å². The number of rotatable bonds is 7. The lowest BCUT2D eigenvalue weighted by atomic mass is 9.81. The van der Waals surface area contributed by atoms with Gasteiger partial charge in [-0.15, -0.1) is 0 Å². The van der Waals surface area contributed by atoms with Crippen molar-refractivity contribution in [3.05, 3.63) is 76.9 Å². The molecular weight excluding hydrogens is 392 g/mol. The van der Waals surface area contributed by atoms with Gasteiger partial charge in [-0.1, -0.05) is 12.1 Å². The van der Waals surface area contributed by atoms with Gasteiger partial charge in [-0.3, -0.25) is 0 Å². The molecule has 3 aromatic carbocycles. The van der Waals surface area contributed by atoms with Crippen molar-refractivity contribution in [3.63, 3.8) is 0 Å². The zero-order valence-corrected chi connectivity index (χ0v) is 18.6. The van der Waals surface area contributed by atoms with Crippen molar-refractivity contribution in [1.82, 2.24) is 0 Å². The van der Waals surface area contributed by atoms with E-state index in [-0.39, 0.29) is 11.8 Å². The Kier molecular flexibility index (Phi) is 5.94. The topological polar surface area (TPSA) is 46.2 Å². The molecular formula is C26H28O5. The molecule has 5 heteroatoms. The molecule has 0 N–H and O–H groups in total. The fourth-order valence-electron chi connectivity index (χ4n) is 4.58. The fourth-order valence-corrected chi connectivity index (χ4v) is 4.58. The minimum Gasteiger partial charge on any atom is -0.497 e. The highest BCUT2D eigenvalue weighted by Gasteiger charge is 2.38. The van der Waals surface area contributed by atoms with Gasteiger partial charge in [0.1, 0.15) is 28.7 Å². The average molecular weight is 421 g/mol. The number of methoxy groups -OCH3 is 5. The fraction of sp³-hybridized carbons (Fsp3) is 0.308. The van der Waals surface area contributed by atoms with Gasteiger partial charge >= 0.3 is 0 Å². The average Bonchev–Trinajstić information content (AvgIpc) is 3.22. The molecule has 5 nitrogen and oxygen atoms in total. The predicted molar refractivity (Wildman–Crippen MR) is 120 cm³/mol. The van der Waals surface area contributed by atoms with E-state index in [2.05, 4.69) is 30.3 Å². The molecule has 0 aromatic heterocycles. The first-order valence-corrected chi connectivity index (χ1v) is 10.2. The van der Waals surface area contributed by atoms with Gasteiger partial charge < -0.3 is 23.7 Å². The van der Waals surface area contributed by atoms with Crippen LogP contribution in [0.4, 0.5) is 0 Å². The molecule has 0 aliphatic heterocycles. The maximum Gasteiger partial charge on any atom is 0.126 e. The summed E-state index contributed by atoms with van der Waals surface area (Å²) in [5.41, 5.74) is 4.79. The smallest absolute Gasteiger partial charge is 0.126 e. The Hall–Kier alpha value is -3.34. The van der Waals surface area contributed by atoms with Crippen LogP contribution in [0, 0.1) is 0 Å². The zero-order chi connectivity index (χ0) is 22.0. The first kappa shape index (κ1) is 20.9. The molecule has 0 spiro atoms. The van der Waals surface area contributed by atoms with Crippen molar-refractivity contribution in [2.75, 3.05) is 35.5 Å². The van der Waals surface area contributed by atoms with Gasteiger partial charge in [-0.25, -0.2) is 0 Å². The van der Waals surface area contributed by atoms with Crippen molar-refractivity contribution in [2.45, 2.75) is 18.3 Å². The Labute approximate surface area is 183 Å². The highest BCUT2D eigenvalue weighted by molar-refractivity contribution is 5.58. The minimum atomic E-state index is 0.110. The summed E-state index contributed by atoms with van der Waals surface area (Å²) in [4.78, 5) is 0. The molecule has 0 radical (unpaired) electrons. The van der Waals surface area contributed by atoms with Gasteiger partial charge in [-0.2, -0.15) is 0 Å². The zero-order valence-electron chi connectivity index (χ0n) is 18.6. The van der Waals surface area contributed by atoms with E-state index in [9.17, 15) is 0 Å². The normalized spacial score (nSPS) is 17.1. The van der Waals surface area contributed by atoms with Crippen LogP contribution >= 0.6 is 0 Å². The number of hydrogen-bond donors (Lipinski definition) is 0. The van der Waals surface area contributed by atoms with Crippen molar-refractivity contribution < 1.29 is 23.7 Å². The maximum atomic E-state index is 5.82. The van der Waals surface area contributed by atoms with Crippen LogP contribution in [0.3, 0.4) is 0 Å². The molecule has 0 bridgehead atoms. The van der Waals surface area contributed by atoms with Crippen molar-refractivity contribution in [2.24, 2.45) is 0 Å². The summed E-state index contributed by atoms with van der Waals surface area (Å²) in [5.74, 6) is 4.34. The molecule has 0 unspecified atom stereocenters. The highest BCUT2D eigenvalue weighted by atomic mass is 16.5. The van der Waals surface area contributed by atoms with E-state index in [0.717, 1.165) is 40.7 Å². The lowest BCUT2D eigenvalue weighted by molar-refractivity contribution is 0.389. The summed E-state index contributed by atoms with van der Waals surface area (Å²) in [6, 6.07) is 18.4. The van der Waals surface area contributed by atoms with Gasteiger partial charge in [-0.05, 0) is 59.4 Å². The second kappa shape index (κ2) is 8.80. The van der Waals surface area contributed by atoms with E-state index in [1.54, 1.807) is 35.5 Å². The minimum absolute atomic E-state index is 0.110. The number of benzene rings is 3. The van der Waals surface area contributed by atoms with Crippen LogP contribution in [-0.2, 0) is 6.42 Å². The molecule has 1 aliphatic rings. The largest absolute Gasteiger partial charge is 0.497 e. The van der Waals surface area contributed by atoms with E-state index in [1.807, 2.05) is 24.3 Å². The Morgan fingerprint density at radius 2 is 1.16 bits per heavy atom. The molecule has 0 amide bonds. The van der Waals surface area contributed by atoms with E-state index in [1.165, 1.54) is 16.7 Å². The van der Waals surface area contributed by atoms with Crippen LogP contribution in [-0.4, -0.2) is 35.5 Å². The summed E-state index contributed by atoms with van der Waals surface area (Å²) in [5, 5.41) is 0. The van der Waals surface area contributed by atoms with Gasteiger partial charge in [0.25, 0.3) is 0 Å². The predicted octanol–water partition coefficient (Wildman–Crippen LogP) is 5.20. The molecule has 4 rings (SSSR count). The summed E-state index contributed by atoms with van der Waals surface area (Å²) in [6.07, 6.45) is 0.857. The van der Waals surface area contributed by atoms with Gasteiger partial charge in [0.05, 0.1) is 35.5 Å². The molecule has 2 atom stereocenters. The first-order chi connectivity index (χ1) is 15.1. The van der Waals surface area contributed by atoms with E-state index >= 15 is 0 Å². The summed E-state index contributed by atoms with van der Waals surface area (Å²) in [6.45, 7) is 0. The van der Waals surface area contributed by atoms with Crippen LogP contribution in [0.25, 0.3) is 0 Å². The lowest BCUT2D eigenvalue weighted by Gasteiger charge is -2.24. The Balaban J connectivity index is 1.89. The summed E-state index contributed by atoms with van der Waals surface area (Å²) < 4.78 is 27.8. The lowest BCUT2D eigenvalue weighted by Crippen LogP contribution is -2.09. The molecule has 0 heterocycles. The molecule has 0 saturated carbocycles. The third kappa shape index (κ3) is 3.88. The van der Waals surface area contributed by atoms with Crippen LogP contribution < -0.4 is 23.7 Å².